The highest BCUT2D eigenvalue weighted by molar-refractivity contribution is 7.22. The molecule has 3 aromatic rings. The first kappa shape index (κ1) is 26.0. The lowest BCUT2D eigenvalue weighted by Gasteiger charge is -2.32. The Balaban J connectivity index is 1.51. The summed E-state index contributed by atoms with van der Waals surface area (Å²) in [4.78, 5) is 20.6. The van der Waals surface area contributed by atoms with Gasteiger partial charge in [-0.1, -0.05) is 29.5 Å². The van der Waals surface area contributed by atoms with Crippen LogP contribution in [0.1, 0.15) is 55.4 Å². The maximum absolute atomic E-state index is 13.9. The average molecular weight is 511 g/mol. The smallest absolute Gasteiger partial charge is 0.270 e. The van der Waals surface area contributed by atoms with Gasteiger partial charge in [0.15, 0.2) is 5.13 Å². The van der Waals surface area contributed by atoms with Crippen LogP contribution in [-0.4, -0.2) is 42.0 Å². The van der Waals surface area contributed by atoms with E-state index in [1.807, 2.05) is 24.0 Å². The summed E-state index contributed by atoms with van der Waals surface area (Å²) in [5.74, 6) is -2.21. The summed E-state index contributed by atoms with van der Waals surface area (Å²) in [6.07, 6.45) is 3.78. The molecule has 0 atom stereocenters. The van der Waals surface area contributed by atoms with E-state index in [0.717, 1.165) is 85.3 Å². The summed E-state index contributed by atoms with van der Waals surface area (Å²) in [6.45, 7) is 7.66. The largest absolute Gasteiger partial charge is 0.348 e. The van der Waals surface area contributed by atoms with Crippen LogP contribution in [0.25, 0.3) is 10.2 Å². The minimum Gasteiger partial charge on any atom is -0.348 e. The molecule has 4 rings (SSSR count). The van der Waals surface area contributed by atoms with Gasteiger partial charge in [0.2, 0.25) is 5.91 Å². The molecule has 36 heavy (non-hydrogen) atoms. The van der Waals surface area contributed by atoms with Crippen LogP contribution in [0.2, 0.25) is 0 Å². The van der Waals surface area contributed by atoms with Gasteiger partial charge in [0, 0.05) is 45.6 Å². The molecule has 0 aliphatic carbocycles. The van der Waals surface area contributed by atoms with Crippen LogP contribution in [0.4, 0.5) is 13.9 Å². The lowest BCUT2D eigenvalue weighted by Crippen LogP contribution is -2.38. The van der Waals surface area contributed by atoms with Crippen LogP contribution in [0.5, 0.6) is 0 Å². The van der Waals surface area contributed by atoms with Gasteiger partial charge in [-0.25, -0.2) is 13.8 Å². The molecule has 0 bridgehead atoms. The fourth-order valence-corrected chi connectivity index (χ4v) is 5.83. The molecule has 1 fully saturated rings. The summed E-state index contributed by atoms with van der Waals surface area (Å²) in [7, 11) is 0. The molecule has 0 spiro atoms. The predicted octanol–water partition coefficient (Wildman–Crippen LogP) is 6.29. The molecule has 1 aliphatic heterocycles. The van der Waals surface area contributed by atoms with E-state index < -0.39 is 5.92 Å². The predicted molar refractivity (Wildman–Crippen MR) is 141 cm³/mol. The number of carbonyl (C=O) groups excluding carboxylic acids is 1. The minimum atomic E-state index is -2.89. The monoisotopic (exact) mass is 510 g/mol. The Kier molecular flexibility index (Phi) is 7.89. The second-order valence-corrected chi connectivity index (χ2v) is 10.8. The van der Waals surface area contributed by atoms with Crippen LogP contribution in [-0.2, 0) is 17.1 Å². The first-order chi connectivity index (χ1) is 17.1. The number of likely N-dealkylation sites (tertiary alicyclic amines) is 1. The average Bonchev–Trinajstić information content (AvgIpc) is 3.27. The van der Waals surface area contributed by atoms with E-state index in [0.29, 0.717) is 11.5 Å². The number of piperidine rings is 1. The van der Waals surface area contributed by atoms with Crippen molar-refractivity contribution in [3.05, 3.63) is 58.7 Å². The molecular weight excluding hydrogens is 478 g/mol. The normalized spacial score (nSPS) is 14.7. The first-order valence-corrected chi connectivity index (χ1v) is 13.2. The lowest BCUT2D eigenvalue weighted by molar-refractivity contribution is -0.130. The highest BCUT2D eigenvalue weighted by Gasteiger charge is 2.26. The summed E-state index contributed by atoms with van der Waals surface area (Å²) in [5.41, 5.74) is 3.54. The zero-order chi connectivity index (χ0) is 25.9. The number of amides is 1. The second-order valence-electron chi connectivity index (χ2n) is 9.80. The number of benzene rings is 2. The van der Waals surface area contributed by atoms with Crippen molar-refractivity contribution in [3.8, 4) is 6.07 Å². The topological polar surface area (TPSA) is 60.2 Å². The summed E-state index contributed by atoms with van der Waals surface area (Å²) >= 11 is 1.46. The number of alkyl halides is 2. The number of hydrogen-bond donors (Lipinski definition) is 0. The SMILES string of the molecule is CC(=O)N1CCC(CCN(CCc2ccc(C#N)c(C)c2)c2nc3ccc(C(C)(F)F)cc3s2)CC1. The molecule has 5 nitrogen and oxygen atoms in total. The Bertz CT molecular complexity index is 1270. The molecule has 0 N–H and O–H groups in total. The first-order valence-electron chi connectivity index (χ1n) is 12.4. The van der Waals surface area contributed by atoms with Crippen molar-refractivity contribution in [2.45, 2.75) is 52.4 Å². The maximum atomic E-state index is 13.9. The highest BCUT2D eigenvalue weighted by atomic mass is 32.1. The number of anilines is 1. The third-order valence-electron chi connectivity index (χ3n) is 7.10. The van der Waals surface area contributed by atoms with Gasteiger partial charge in [-0.3, -0.25) is 4.79 Å². The fraction of sp³-hybridized carbons (Fsp3) is 0.464. The standard InChI is InChI=1S/C28H32F2N4OS/c1-19-16-22(4-5-23(19)18-31)11-15-34(14-10-21-8-12-33(13-9-21)20(2)35)27-32-25-7-6-24(28(3,29)30)17-26(25)36-27/h4-7,16-17,21H,8-15H2,1-3H3. The third-order valence-corrected chi connectivity index (χ3v) is 8.18. The van der Waals surface area contributed by atoms with Crippen LogP contribution < -0.4 is 4.90 Å². The van der Waals surface area contributed by atoms with Crippen LogP contribution in [0, 0.1) is 24.2 Å². The molecule has 0 unspecified atom stereocenters. The molecule has 1 saturated heterocycles. The fourth-order valence-electron chi connectivity index (χ4n) is 4.77. The van der Waals surface area contributed by atoms with E-state index in [9.17, 15) is 18.8 Å². The molecule has 1 aliphatic rings. The molecule has 1 amide bonds. The second kappa shape index (κ2) is 10.9. The van der Waals surface area contributed by atoms with Crippen molar-refractivity contribution >= 4 is 32.6 Å². The lowest BCUT2D eigenvalue weighted by atomic mass is 9.93. The Labute approximate surface area is 215 Å². The quantitative estimate of drug-likeness (QED) is 0.358. The Morgan fingerprint density at radius 3 is 2.61 bits per heavy atom. The van der Waals surface area contributed by atoms with E-state index in [1.54, 1.807) is 19.1 Å². The van der Waals surface area contributed by atoms with E-state index >= 15 is 0 Å². The van der Waals surface area contributed by atoms with Crippen molar-refractivity contribution in [2.24, 2.45) is 5.92 Å². The molecular formula is C28H32F2N4OS. The van der Waals surface area contributed by atoms with Gasteiger partial charge in [-0.05, 0) is 67.9 Å². The number of halogens is 2. The van der Waals surface area contributed by atoms with Crippen molar-refractivity contribution in [1.29, 1.82) is 5.26 Å². The molecule has 8 heteroatoms. The summed E-state index contributed by atoms with van der Waals surface area (Å²) < 4.78 is 28.5. The van der Waals surface area contributed by atoms with Crippen LogP contribution in [0.15, 0.2) is 36.4 Å². The number of thiazole rings is 1. The highest BCUT2D eigenvalue weighted by Crippen LogP contribution is 2.35. The van der Waals surface area contributed by atoms with E-state index in [-0.39, 0.29) is 11.5 Å². The maximum Gasteiger partial charge on any atom is 0.270 e. The number of nitriles is 1. The third kappa shape index (κ3) is 6.19. The van der Waals surface area contributed by atoms with Gasteiger partial charge in [0.1, 0.15) is 0 Å². The number of nitrogens with zero attached hydrogens (tertiary/aromatic N) is 4. The summed E-state index contributed by atoms with van der Waals surface area (Å²) in [6, 6.07) is 12.8. The molecule has 2 aromatic carbocycles. The van der Waals surface area contributed by atoms with Crippen molar-refractivity contribution in [3.63, 3.8) is 0 Å². The molecule has 0 saturated carbocycles. The summed E-state index contributed by atoms with van der Waals surface area (Å²) in [5, 5.41) is 10.1. The van der Waals surface area contributed by atoms with Crippen molar-refractivity contribution in [1.82, 2.24) is 9.88 Å². The van der Waals surface area contributed by atoms with Gasteiger partial charge in [-0.2, -0.15) is 5.26 Å². The minimum absolute atomic E-state index is 0.00189. The van der Waals surface area contributed by atoms with Crippen LogP contribution in [0.3, 0.4) is 0 Å². The Hall–Kier alpha value is -3.05. The van der Waals surface area contributed by atoms with Gasteiger partial charge < -0.3 is 9.80 Å². The van der Waals surface area contributed by atoms with Gasteiger partial charge in [0.25, 0.3) is 5.92 Å². The van der Waals surface area contributed by atoms with Crippen LogP contribution >= 0.6 is 11.3 Å². The number of aryl methyl sites for hydroxylation is 1. The number of aromatic nitrogens is 1. The molecule has 190 valence electrons. The molecule has 1 aromatic heterocycles. The number of hydrogen-bond acceptors (Lipinski definition) is 5. The van der Waals surface area contributed by atoms with Gasteiger partial charge >= 0.3 is 0 Å². The van der Waals surface area contributed by atoms with E-state index in [4.69, 9.17) is 4.98 Å². The van der Waals surface area contributed by atoms with E-state index in [2.05, 4.69) is 17.0 Å². The Morgan fingerprint density at radius 1 is 1.22 bits per heavy atom. The zero-order valence-electron chi connectivity index (χ0n) is 21.1. The molecule has 0 radical (unpaired) electrons. The number of carbonyl (C=O) groups is 1. The van der Waals surface area contributed by atoms with Crippen molar-refractivity contribution in [2.75, 3.05) is 31.1 Å². The number of rotatable bonds is 8. The Morgan fingerprint density at radius 2 is 1.97 bits per heavy atom. The van der Waals surface area contributed by atoms with Gasteiger partial charge in [-0.15, -0.1) is 0 Å². The van der Waals surface area contributed by atoms with Crippen molar-refractivity contribution < 1.29 is 13.6 Å². The van der Waals surface area contributed by atoms with Gasteiger partial charge in [0.05, 0.1) is 21.8 Å². The zero-order valence-corrected chi connectivity index (χ0v) is 21.9. The number of fused-ring (bicyclic) bond motifs is 1. The van der Waals surface area contributed by atoms with E-state index in [1.165, 1.54) is 17.4 Å². The molecule has 2 heterocycles.